The van der Waals surface area contributed by atoms with E-state index < -0.39 is 0 Å². The average Bonchev–Trinajstić information content (AvgIpc) is 2.65. The number of carbonyl (C=O) groups excluding carboxylic acids is 1. The van der Waals surface area contributed by atoms with E-state index in [0.717, 1.165) is 40.1 Å². The second-order valence-corrected chi connectivity index (χ2v) is 7.61. The van der Waals surface area contributed by atoms with E-state index in [1.54, 1.807) is 0 Å². The number of halogens is 1. The molecule has 0 aliphatic heterocycles. The van der Waals surface area contributed by atoms with Crippen LogP contribution in [0.1, 0.15) is 43.7 Å². The summed E-state index contributed by atoms with van der Waals surface area (Å²) in [6.45, 7) is 5.93. The molecule has 27 heavy (non-hydrogen) atoms. The average molecular weight is 433 g/mol. The number of rotatable bonds is 11. The van der Waals surface area contributed by atoms with Crippen molar-refractivity contribution in [1.29, 1.82) is 0 Å². The molecule has 146 valence electrons. The summed E-state index contributed by atoms with van der Waals surface area (Å²) in [5.74, 6) is 0.568. The van der Waals surface area contributed by atoms with Crippen LogP contribution < -0.4 is 15.4 Å². The highest BCUT2D eigenvalue weighted by Crippen LogP contribution is 2.23. The zero-order valence-corrected chi connectivity index (χ0v) is 17.8. The van der Waals surface area contributed by atoms with E-state index in [4.69, 9.17) is 4.74 Å². The van der Waals surface area contributed by atoms with Gasteiger partial charge in [-0.3, -0.25) is 4.79 Å². The third-order valence-corrected chi connectivity index (χ3v) is 4.73. The molecule has 0 atom stereocenters. The summed E-state index contributed by atoms with van der Waals surface area (Å²) in [5, 5.41) is 6.31. The topological polar surface area (TPSA) is 50.4 Å². The minimum atomic E-state index is -0.166. The van der Waals surface area contributed by atoms with Crippen molar-refractivity contribution in [1.82, 2.24) is 5.32 Å². The second kappa shape index (κ2) is 11.8. The monoisotopic (exact) mass is 432 g/mol. The van der Waals surface area contributed by atoms with Crippen LogP contribution in [0.2, 0.25) is 0 Å². The molecule has 0 fully saturated rings. The van der Waals surface area contributed by atoms with Crippen LogP contribution >= 0.6 is 15.9 Å². The predicted octanol–water partition coefficient (Wildman–Crippen LogP) is 5.44. The molecule has 2 rings (SSSR count). The Morgan fingerprint density at radius 1 is 1.07 bits per heavy atom. The number of ether oxygens (including phenoxy) is 1. The molecule has 0 radical (unpaired) electrons. The number of anilines is 1. The van der Waals surface area contributed by atoms with Crippen LogP contribution in [0, 0.1) is 6.92 Å². The van der Waals surface area contributed by atoms with Crippen LogP contribution in [0.15, 0.2) is 46.9 Å². The van der Waals surface area contributed by atoms with Crippen LogP contribution in [0.3, 0.4) is 0 Å². The third-order valence-electron chi connectivity index (χ3n) is 4.24. The highest BCUT2D eigenvalue weighted by Gasteiger charge is 2.08. The Hall–Kier alpha value is -1.85. The standard InChI is InChI=1S/C22H29BrN2O2/c1-3-4-5-6-13-24-15-18-14-19(23)9-12-21(18)27-16-22(26)25-20-10-7-17(2)8-11-20/h7-12,14,24H,3-6,13,15-16H2,1-2H3,(H,25,26). The smallest absolute Gasteiger partial charge is 0.262 e. The number of hydrogen-bond donors (Lipinski definition) is 2. The van der Waals surface area contributed by atoms with Crippen LogP contribution in [0.25, 0.3) is 0 Å². The van der Waals surface area contributed by atoms with E-state index >= 15 is 0 Å². The van der Waals surface area contributed by atoms with Gasteiger partial charge in [-0.1, -0.05) is 59.8 Å². The fraction of sp³-hybridized carbons (Fsp3) is 0.409. The number of amides is 1. The van der Waals surface area contributed by atoms with Gasteiger partial charge in [0, 0.05) is 22.3 Å². The fourth-order valence-electron chi connectivity index (χ4n) is 2.70. The largest absolute Gasteiger partial charge is 0.483 e. The molecule has 2 aromatic carbocycles. The lowest BCUT2D eigenvalue weighted by Gasteiger charge is -2.13. The molecule has 0 bridgehead atoms. The summed E-state index contributed by atoms with van der Waals surface area (Å²) in [4.78, 5) is 12.1. The molecule has 0 heterocycles. The SMILES string of the molecule is CCCCCCNCc1cc(Br)ccc1OCC(=O)Nc1ccc(C)cc1. The van der Waals surface area contributed by atoms with Gasteiger partial charge in [0.1, 0.15) is 5.75 Å². The van der Waals surface area contributed by atoms with E-state index in [1.165, 1.54) is 25.7 Å². The van der Waals surface area contributed by atoms with Gasteiger partial charge in [0.2, 0.25) is 0 Å². The minimum absolute atomic E-state index is 0.0149. The van der Waals surface area contributed by atoms with Gasteiger partial charge >= 0.3 is 0 Å². The van der Waals surface area contributed by atoms with Gasteiger partial charge < -0.3 is 15.4 Å². The van der Waals surface area contributed by atoms with Crippen molar-refractivity contribution in [3.63, 3.8) is 0 Å². The Labute approximate surface area is 170 Å². The number of hydrogen-bond acceptors (Lipinski definition) is 3. The number of carbonyl (C=O) groups is 1. The normalized spacial score (nSPS) is 10.6. The maximum absolute atomic E-state index is 12.1. The molecule has 0 unspecified atom stereocenters. The number of unbranched alkanes of at least 4 members (excludes halogenated alkanes) is 3. The number of benzene rings is 2. The molecule has 0 saturated carbocycles. The molecule has 1 amide bonds. The lowest BCUT2D eigenvalue weighted by molar-refractivity contribution is -0.118. The molecule has 0 saturated heterocycles. The summed E-state index contributed by atoms with van der Waals surface area (Å²) in [7, 11) is 0. The highest BCUT2D eigenvalue weighted by atomic mass is 79.9. The third kappa shape index (κ3) is 8.14. The molecular formula is C22H29BrN2O2. The van der Waals surface area contributed by atoms with Crippen molar-refractivity contribution >= 4 is 27.5 Å². The van der Waals surface area contributed by atoms with Crippen molar-refractivity contribution < 1.29 is 9.53 Å². The van der Waals surface area contributed by atoms with E-state index in [0.29, 0.717) is 0 Å². The maximum atomic E-state index is 12.1. The van der Waals surface area contributed by atoms with E-state index in [-0.39, 0.29) is 12.5 Å². The molecule has 0 aliphatic carbocycles. The Balaban J connectivity index is 1.83. The lowest BCUT2D eigenvalue weighted by Crippen LogP contribution is -2.21. The van der Waals surface area contributed by atoms with Crippen LogP contribution in [-0.4, -0.2) is 19.1 Å². The zero-order valence-electron chi connectivity index (χ0n) is 16.2. The number of aryl methyl sites for hydroxylation is 1. The second-order valence-electron chi connectivity index (χ2n) is 6.69. The molecule has 2 aromatic rings. The maximum Gasteiger partial charge on any atom is 0.262 e. The first-order valence-corrected chi connectivity index (χ1v) is 10.4. The molecule has 0 aliphatic rings. The highest BCUT2D eigenvalue weighted by molar-refractivity contribution is 9.10. The molecule has 4 nitrogen and oxygen atoms in total. The molecule has 2 N–H and O–H groups in total. The van der Waals surface area contributed by atoms with E-state index in [2.05, 4.69) is 33.5 Å². The summed E-state index contributed by atoms with van der Waals surface area (Å²) in [6, 6.07) is 13.6. The molecule has 5 heteroatoms. The van der Waals surface area contributed by atoms with Gasteiger partial charge in [0.15, 0.2) is 6.61 Å². The summed E-state index contributed by atoms with van der Waals surface area (Å²) < 4.78 is 6.77. The lowest BCUT2D eigenvalue weighted by atomic mass is 10.2. The van der Waals surface area contributed by atoms with E-state index in [9.17, 15) is 4.79 Å². The van der Waals surface area contributed by atoms with Gasteiger partial charge in [-0.25, -0.2) is 0 Å². The van der Waals surface area contributed by atoms with Crippen LogP contribution in [0.5, 0.6) is 5.75 Å². The Morgan fingerprint density at radius 3 is 2.59 bits per heavy atom. The summed E-state index contributed by atoms with van der Waals surface area (Å²) >= 11 is 3.51. The molecular weight excluding hydrogens is 404 g/mol. The molecule has 0 aromatic heterocycles. The van der Waals surface area contributed by atoms with Gasteiger partial charge in [0.25, 0.3) is 5.91 Å². The van der Waals surface area contributed by atoms with Gasteiger partial charge in [-0.2, -0.15) is 0 Å². The van der Waals surface area contributed by atoms with Gasteiger partial charge in [0.05, 0.1) is 0 Å². The Morgan fingerprint density at radius 2 is 1.85 bits per heavy atom. The fourth-order valence-corrected chi connectivity index (χ4v) is 3.11. The van der Waals surface area contributed by atoms with Crippen LogP contribution in [0.4, 0.5) is 5.69 Å². The minimum Gasteiger partial charge on any atom is -0.483 e. The van der Waals surface area contributed by atoms with Crippen LogP contribution in [-0.2, 0) is 11.3 Å². The summed E-state index contributed by atoms with van der Waals surface area (Å²) in [6.07, 6.45) is 4.96. The van der Waals surface area contributed by atoms with Gasteiger partial charge in [-0.15, -0.1) is 0 Å². The van der Waals surface area contributed by atoms with Crippen molar-refractivity contribution in [2.75, 3.05) is 18.5 Å². The Kier molecular flexibility index (Phi) is 9.36. The van der Waals surface area contributed by atoms with E-state index in [1.807, 2.05) is 49.4 Å². The zero-order chi connectivity index (χ0) is 19.5. The van der Waals surface area contributed by atoms with Gasteiger partial charge in [-0.05, 0) is 50.2 Å². The molecule has 0 spiro atoms. The van der Waals surface area contributed by atoms with Crippen molar-refractivity contribution in [2.24, 2.45) is 0 Å². The van der Waals surface area contributed by atoms with Crippen molar-refractivity contribution in [2.45, 2.75) is 46.1 Å². The first kappa shape index (κ1) is 21.5. The Bertz CT molecular complexity index is 717. The predicted molar refractivity (Wildman–Crippen MR) is 115 cm³/mol. The quantitative estimate of drug-likeness (QED) is 0.464. The van der Waals surface area contributed by atoms with Crippen molar-refractivity contribution in [3.8, 4) is 5.75 Å². The van der Waals surface area contributed by atoms with Crippen molar-refractivity contribution in [3.05, 3.63) is 58.1 Å². The summed E-state index contributed by atoms with van der Waals surface area (Å²) in [5.41, 5.74) is 2.98. The number of nitrogens with one attached hydrogen (secondary N) is 2. The first-order chi connectivity index (χ1) is 13.1. The first-order valence-electron chi connectivity index (χ1n) is 9.57.